The molecule has 6 heterocycles. The minimum absolute atomic E-state index is 0.140. The maximum Gasteiger partial charge on any atom is 0.410 e. The van der Waals surface area contributed by atoms with Crippen LogP contribution in [0, 0.1) is 0 Å². The number of imidazole rings is 2. The van der Waals surface area contributed by atoms with E-state index in [1.54, 1.807) is 4.90 Å². The summed E-state index contributed by atoms with van der Waals surface area (Å²) in [5, 5.41) is 5.34. The lowest BCUT2D eigenvalue weighted by Gasteiger charge is -2.33. The van der Waals surface area contributed by atoms with E-state index >= 15 is 0 Å². The van der Waals surface area contributed by atoms with Gasteiger partial charge in [0.25, 0.3) is 0 Å². The van der Waals surface area contributed by atoms with Gasteiger partial charge in [0.2, 0.25) is 6.23 Å². The maximum atomic E-state index is 13.0. The lowest BCUT2D eigenvalue weighted by molar-refractivity contribution is 0.0218. The number of hydrogen-bond acceptors (Lipinski definition) is 6. The van der Waals surface area contributed by atoms with Crippen LogP contribution in [0.25, 0.3) is 33.3 Å². The van der Waals surface area contributed by atoms with E-state index < -0.39 is 11.8 Å². The summed E-state index contributed by atoms with van der Waals surface area (Å²) in [4.78, 5) is 31.4. The summed E-state index contributed by atoms with van der Waals surface area (Å²) in [6.45, 7) is 7.37. The number of allylic oxidation sites excluding steroid dienone is 3. The fraction of sp³-hybridized carbons (Fsp3) is 0.375. The van der Waals surface area contributed by atoms with Gasteiger partial charge in [-0.1, -0.05) is 29.8 Å². The molecule has 3 aliphatic heterocycles. The highest BCUT2D eigenvalue weighted by molar-refractivity contribution is 6.30. The topological polar surface area (TPSA) is 113 Å². The first-order valence-corrected chi connectivity index (χ1v) is 18.4. The molecule has 0 saturated carbocycles. The highest BCUT2D eigenvalue weighted by Crippen LogP contribution is 2.46. The van der Waals surface area contributed by atoms with E-state index in [9.17, 15) is 4.79 Å². The number of H-pyrrole nitrogens is 2. The Hall–Kier alpha value is -4.80. The summed E-state index contributed by atoms with van der Waals surface area (Å²) in [6.07, 6.45) is 11.0. The molecule has 0 spiro atoms. The second kappa shape index (κ2) is 12.5. The molecule has 5 aromatic rings. The van der Waals surface area contributed by atoms with Crippen molar-refractivity contribution in [1.82, 2.24) is 34.7 Å². The Labute approximate surface area is 301 Å². The fourth-order valence-electron chi connectivity index (χ4n) is 8.05. The number of aromatic nitrogens is 5. The largest absolute Gasteiger partial charge is 0.466 e. The van der Waals surface area contributed by atoms with Crippen LogP contribution in [0.1, 0.15) is 106 Å². The molecule has 1 amide bonds. The monoisotopic (exact) mass is 703 g/mol. The first kappa shape index (κ1) is 32.1. The Morgan fingerprint density at radius 2 is 1.82 bits per heavy atom. The second-order valence-electron chi connectivity index (χ2n) is 15.1. The van der Waals surface area contributed by atoms with Gasteiger partial charge in [-0.05, 0) is 108 Å². The van der Waals surface area contributed by atoms with Gasteiger partial charge in [-0.15, -0.1) is 0 Å². The van der Waals surface area contributed by atoms with Crippen molar-refractivity contribution >= 4 is 39.7 Å². The van der Waals surface area contributed by atoms with E-state index in [0.717, 1.165) is 101 Å². The number of nitrogens with one attached hydrogen (secondary N) is 3. The van der Waals surface area contributed by atoms with Crippen molar-refractivity contribution < 1.29 is 14.3 Å². The molecule has 3 unspecified atom stereocenters. The van der Waals surface area contributed by atoms with E-state index in [0.29, 0.717) is 11.6 Å². The summed E-state index contributed by atoms with van der Waals surface area (Å²) in [5.41, 5.74) is 8.04. The van der Waals surface area contributed by atoms with Crippen LogP contribution >= 0.6 is 11.6 Å². The molecule has 2 fully saturated rings. The van der Waals surface area contributed by atoms with Crippen molar-refractivity contribution in [3.05, 3.63) is 106 Å². The molecule has 2 aromatic carbocycles. The Morgan fingerprint density at radius 3 is 2.65 bits per heavy atom. The van der Waals surface area contributed by atoms with E-state index in [-0.39, 0.29) is 18.2 Å². The number of ether oxygens (including phenoxy) is 2. The quantitative estimate of drug-likeness (QED) is 0.168. The smallest absolute Gasteiger partial charge is 0.410 e. The zero-order chi connectivity index (χ0) is 34.9. The summed E-state index contributed by atoms with van der Waals surface area (Å²) >= 11 is 6.53. The first-order valence-electron chi connectivity index (χ1n) is 18.0. The van der Waals surface area contributed by atoms with E-state index in [4.69, 9.17) is 31.0 Å². The third-order valence-corrected chi connectivity index (χ3v) is 10.7. The van der Waals surface area contributed by atoms with Crippen LogP contribution in [0.2, 0.25) is 5.02 Å². The van der Waals surface area contributed by atoms with Gasteiger partial charge in [-0.2, -0.15) is 0 Å². The number of amides is 1. The summed E-state index contributed by atoms with van der Waals surface area (Å²) < 4.78 is 14.9. The molecule has 3 atom stereocenters. The first-order chi connectivity index (χ1) is 24.7. The molecule has 9 rings (SSSR count). The highest BCUT2D eigenvalue weighted by Gasteiger charge is 2.36. The number of likely N-dealkylation sites (tertiary alicyclic amines) is 1. The van der Waals surface area contributed by atoms with E-state index in [1.807, 2.05) is 51.4 Å². The third-order valence-electron chi connectivity index (χ3n) is 10.4. The molecule has 1 aliphatic carbocycles. The van der Waals surface area contributed by atoms with Crippen molar-refractivity contribution in [1.29, 1.82) is 0 Å². The maximum absolute atomic E-state index is 13.0. The Bertz CT molecular complexity index is 2210. The van der Waals surface area contributed by atoms with Gasteiger partial charge < -0.3 is 29.3 Å². The molecule has 3 N–H and O–H groups in total. The van der Waals surface area contributed by atoms with Gasteiger partial charge in [0.15, 0.2) is 0 Å². The zero-order valence-electron chi connectivity index (χ0n) is 29.1. The number of hydrogen-bond donors (Lipinski definition) is 3. The van der Waals surface area contributed by atoms with Crippen molar-refractivity contribution in [2.24, 2.45) is 0 Å². The zero-order valence-corrected chi connectivity index (χ0v) is 29.9. The highest BCUT2D eigenvalue weighted by atomic mass is 35.5. The average Bonchev–Trinajstić information content (AvgIpc) is 3.95. The molecular weight excluding hydrogens is 662 g/mol. The number of halogens is 1. The standard InChI is InChI=1S/C40H42ClN7O3/c1-40(2,3)51-39(49)47-16-6-10-33(47)37-44-22-31(46-37)24-11-13-28-34-19-26-17-23(30-21-43-36(45-30)29-9-5-15-42-29)12-14-32(26)48(34)38(50-35(28)20-24)25-7-4-8-27(41)18-25/h4,7-8,12,14,17-22,29,33,38,42H,5-6,9-11,13,15-16H2,1-3H3,(H,43,45)(H,44,46). The number of rotatable bonds is 5. The van der Waals surface area contributed by atoms with Gasteiger partial charge in [-0.25, -0.2) is 14.8 Å². The van der Waals surface area contributed by atoms with Crippen LogP contribution in [-0.4, -0.2) is 54.2 Å². The Kier molecular flexibility index (Phi) is 7.85. The molecule has 3 aromatic heterocycles. The van der Waals surface area contributed by atoms with Crippen LogP contribution in [0.5, 0.6) is 0 Å². The van der Waals surface area contributed by atoms with Gasteiger partial charge in [-0.3, -0.25) is 4.90 Å². The fourth-order valence-corrected chi connectivity index (χ4v) is 8.25. The number of carbonyl (C=O) groups is 1. The number of carbonyl (C=O) groups excluding carboxylic acids is 1. The SMILES string of the molecule is CC(C)(C)OC(=O)N1CCCC1c1ncc(C2=CC3=C(CC2)c2cc4cc(-c5cnc(C6CCCN6)[nH]5)ccc4n2C(c2cccc(Cl)c2)O3)[nH]1. The molecule has 0 bridgehead atoms. The van der Waals surface area contributed by atoms with E-state index in [2.05, 4.69) is 56.3 Å². The number of aromatic amines is 2. The predicted molar refractivity (Wildman–Crippen MR) is 198 cm³/mol. The molecular formula is C40H42ClN7O3. The normalized spacial score (nSPS) is 21.8. The molecule has 2 saturated heterocycles. The molecule has 0 radical (unpaired) electrons. The van der Waals surface area contributed by atoms with Crippen LogP contribution < -0.4 is 5.32 Å². The Morgan fingerprint density at radius 1 is 0.980 bits per heavy atom. The molecule has 262 valence electrons. The third kappa shape index (κ3) is 5.94. The number of benzene rings is 2. The second-order valence-corrected chi connectivity index (χ2v) is 15.5. The lowest BCUT2D eigenvalue weighted by atomic mass is 9.92. The number of nitrogens with zero attached hydrogens (tertiary/aromatic N) is 4. The molecule has 4 aliphatic rings. The summed E-state index contributed by atoms with van der Waals surface area (Å²) in [5.74, 6) is 2.64. The minimum Gasteiger partial charge on any atom is -0.466 e. The summed E-state index contributed by atoms with van der Waals surface area (Å²) in [7, 11) is 0. The van der Waals surface area contributed by atoms with Gasteiger partial charge in [0.05, 0.1) is 47.1 Å². The Balaban J connectivity index is 1.06. The van der Waals surface area contributed by atoms with Crippen LogP contribution in [0.3, 0.4) is 0 Å². The molecule has 11 heteroatoms. The van der Waals surface area contributed by atoms with Crippen LogP contribution in [0.4, 0.5) is 4.79 Å². The van der Waals surface area contributed by atoms with Gasteiger partial charge in [0, 0.05) is 33.7 Å². The van der Waals surface area contributed by atoms with Crippen LogP contribution in [-0.2, 0) is 9.47 Å². The van der Waals surface area contributed by atoms with Gasteiger partial charge >= 0.3 is 6.09 Å². The van der Waals surface area contributed by atoms with Gasteiger partial charge in [0.1, 0.15) is 23.0 Å². The summed E-state index contributed by atoms with van der Waals surface area (Å²) in [6, 6.07) is 17.0. The van der Waals surface area contributed by atoms with Crippen LogP contribution in [0.15, 0.2) is 72.8 Å². The molecule has 51 heavy (non-hydrogen) atoms. The van der Waals surface area contributed by atoms with Crippen molar-refractivity contribution in [3.63, 3.8) is 0 Å². The predicted octanol–water partition coefficient (Wildman–Crippen LogP) is 9.07. The number of fused-ring (bicyclic) bond motifs is 4. The van der Waals surface area contributed by atoms with Crippen molar-refractivity contribution in [2.45, 2.75) is 83.2 Å². The van der Waals surface area contributed by atoms with E-state index in [1.165, 1.54) is 12.0 Å². The van der Waals surface area contributed by atoms with Crippen molar-refractivity contribution in [2.75, 3.05) is 13.1 Å². The van der Waals surface area contributed by atoms with Crippen molar-refractivity contribution in [3.8, 4) is 11.3 Å². The lowest BCUT2D eigenvalue weighted by Crippen LogP contribution is -2.36. The average molecular weight is 704 g/mol. The molecule has 10 nitrogen and oxygen atoms in total. The minimum atomic E-state index is -0.552.